The Morgan fingerprint density at radius 1 is 1.13 bits per heavy atom. The molecule has 0 spiro atoms. The minimum Gasteiger partial charge on any atom is -0.388 e. The second kappa shape index (κ2) is 82.4. The lowest BCUT2D eigenvalue weighted by atomic mass is 10.4. The van der Waals surface area contributed by atoms with Crippen LogP contribution in [0.2, 0.25) is 0 Å². The summed E-state index contributed by atoms with van der Waals surface area (Å²) in [5, 5.41) is 2.75. The van der Waals surface area contributed by atoms with E-state index < -0.39 is 0 Å². The number of methoxy groups -OCH3 is 1. The molecule has 0 amide bonds. The van der Waals surface area contributed by atoms with Gasteiger partial charge in [0.25, 0.3) is 0 Å². The van der Waals surface area contributed by atoms with E-state index in [1.54, 1.807) is 39.1 Å². The van der Waals surface area contributed by atoms with E-state index in [0.717, 1.165) is 0 Å². The van der Waals surface area contributed by atoms with Crippen molar-refractivity contribution < 1.29 is 4.74 Å². The number of hydrogen-bond acceptors (Lipinski definition) is 5. The zero-order valence-corrected chi connectivity index (χ0v) is 19.2. The van der Waals surface area contributed by atoms with E-state index in [2.05, 4.69) is 34.9 Å². The Bertz CT molecular complexity index is 147. The van der Waals surface area contributed by atoms with Crippen LogP contribution in [0.1, 0.15) is 20.8 Å². The second-order valence-electron chi connectivity index (χ2n) is 4.59. The standard InChI is InChI=1S/C4H8.C3H9N.C3H6.C2H7N.C2H5N.C2H6O.C2H6S/c2*1-4(2)3;5*1-3-2/h1H2,2-3H3;1-3H3;3H,1H2,2H3;3H,1-2H3;1H2,2H3;2*1-2H3. The number of allylic oxidation sites excluding steroid dienone is 2. The third-order valence-electron chi connectivity index (χ3n) is 0. The van der Waals surface area contributed by atoms with Crippen LogP contribution in [0.3, 0.4) is 0 Å². The molecule has 146 valence electrons. The molecule has 0 aromatic carbocycles. The maximum atomic E-state index is 4.25. The van der Waals surface area contributed by atoms with Crippen LogP contribution >= 0.6 is 11.8 Å². The molecule has 0 aliphatic carbocycles. The molecule has 0 saturated carbocycles. The molecule has 0 heterocycles. The van der Waals surface area contributed by atoms with Gasteiger partial charge >= 0.3 is 0 Å². The van der Waals surface area contributed by atoms with Gasteiger partial charge in [0.1, 0.15) is 0 Å². The van der Waals surface area contributed by atoms with E-state index in [4.69, 9.17) is 0 Å². The van der Waals surface area contributed by atoms with Crippen LogP contribution < -0.4 is 5.32 Å². The third-order valence-corrected chi connectivity index (χ3v) is 0. The van der Waals surface area contributed by atoms with Crippen LogP contribution in [-0.2, 0) is 4.74 Å². The molecule has 0 aliphatic heterocycles. The summed E-state index contributed by atoms with van der Waals surface area (Å²) in [7, 11) is 14.6. The number of thioether (sulfide) groups is 1. The number of nitrogens with one attached hydrogen (secondary N) is 1. The maximum Gasteiger partial charge on any atom is 0.0351 e. The van der Waals surface area contributed by atoms with Gasteiger partial charge < -0.3 is 19.9 Å². The summed E-state index contributed by atoms with van der Waals surface area (Å²) < 4.78 is 4.25. The number of aliphatic imine (C=N–C) groups is 1. The molecular formula is C18H47N3OS. The first-order valence-electron chi connectivity index (χ1n) is 7.08. The molecule has 0 atom stereocenters. The summed E-state index contributed by atoms with van der Waals surface area (Å²) in [5.41, 5.74) is 1.17. The Labute approximate surface area is 153 Å². The quantitative estimate of drug-likeness (QED) is 0.519. The fraction of sp³-hybridized carbons (Fsp3) is 0.722. The highest BCUT2D eigenvalue weighted by atomic mass is 32.2. The predicted octanol–water partition coefficient (Wildman–Crippen LogP) is 4.35. The SMILES string of the molecule is C=C(C)C.C=CC.C=NC.CN(C)C.CNC.COC.CSC. The average Bonchev–Trinajstić information content (AvgIpc) is 2.31. The summed E-state index contributed by atoms with van der Waals surface area (Å²) in [6, 6.07) is 0. The van der Waals surface area contributed by atoms with Crippen LogP contribution in [0.4, 0.5) is 0 Å². The summed E-state index contributed by atoms with van der Waals surface area (Å²) in [6.45, 7) is 15.9. The lowest BCUT2D eigenvalue weighted by Gasteiger charge is -1.90. The molecule has 0 radical (unpaired) electrons. The molecule has 0 aromatic heterocycles. The van der Waals surface area contributed by atoms with Crippen LogP contribution in [0.15, 0.2) is 29.8 Å². The van der Waals surface area contributed by atoms with E-state index in [9.17, 15) is 0 Å². The van der Waals surface area contributed by atoms with Gasteiger partial charge in [-0.3, -0.25) is 0 Å². The molecule has 23 heavy (non-hydrogen) atoms. The van der Waals surface area contributed by atoms with Crippen molar-refractivity contribution in [2.24, 2.45) is 4.99 Å². The van der Waals surface area contributed by atoms with E-state index in [1.165, 1.54) is 5.57 Å². The second-order valence-corrected chi connectivity index (χ2v) is 5.41. The number of hydrogen-bond donors (Lipinski definition) is 1. The van der Waals surface area contributed by atoms with E-state index in [0.29, 0.717) is 0 Å². The summed E-state index contributed by atoms with van der Waals surface area (Å²) in [5.74, 6) is 0. The number of nitrogens with zero attached hydrogens (tertiary/aromatic N) is 2. The molecule has 0 aliphatic rings. The first-order chi connectivity index (χ1) is 10.5. The lowest BCUT2D eigenvalue weighted by molar-refractivity contribution is 0.277. The normalized spacial score (nSPS) is 6.17. The molecular weight excluding hydrogens is 306 g/mol. The Morgan fingerprint density at radius 3 is 1.13 bits per heavy atom. The summed E-state index contributed by atoms with van der Waals surface area (Å²) in [6.07, 6.45) is 5.83. The Morgan fingerprint density at radius 2 is 1.13 bits per heavy atom. The van der Waals surface area contributed by atoms with Gasteiger partial charge in [-0.25, -0.2) is 0 Å². The predicted molar refractivity (Wildman–Crippen MR) is 119 cm³/mol. The van der Waals surface area contributed by atoms with Crippen LogP contribution in [0, 0.1) is 0 Å². The van der Waals surface area contributed by atoms with Crippen LogP contribution in [-0.4, -0.2) is 80.6 Å². The topological polar surface area (TPSA) is 36.9 Å². The minimum atomic E-state index is 1.17. The highest BCUT2D eigenvalue weighted by Gasteiger charge is 1.58. The van der Waals surface area contributed by atoms with Crippen molar-refractivity contribution in [1.29, 1.82) is 0 Å². The average molecular weight is 354 g/mol. The first-order valence-corrected chi connectivity index (χ1v) is 8.71. The molecule has 0 aromatic rings. The Balaban J connectivity index is -0.0000000261. The van der Waals surface area contributed by atoms with Crippen molar-refractivity contribution >= 4 is 18.5 Å². The Kier molecular flexibility index (Phi) is 155. The highest BCUT2D eigenvalue weighted by molar-refractivity contribution is 7.97. The van der Waals surface area contributed by atoms with Gasteiger partial charge in [-0.1, -0.05) is 11.6 Å². The third kappa shape index (κ3) is 20900. The molecule has 0 unspecified atom stereocenters. The van der Waals surface area contributed by atoms with Crippen molar-refractivity contribution in [3.63, 3.8) is 0 Å². The van der Waals surface area contributed by atoms with Gasteiger partial charge in [0, 0.05) is 21.3 Å². The maximum absolute atomic E-state index is 4.25. The molecule has 1 N–H and O–H groups in total. The molecule has 5 heteroatoms. The molecule has 0 saturated heterocycles. The van der Waals surface area contributed by atoms with Crippen molar-refractivity contribution in [3.8, 4) is 0 Å². The number of rotatable bonds is 0. The largest absolute Gasteiger partial charge is 0.388 e. The minimum absolute atomic E-state index is 1.17. The molecule has 0 bridgehead atoms. The fourth-order valence-electron chi connectivity index (χ4n) is 0. The van der Waals surface area contributed by atoms with Gasteiger partial charge in [-0.15, -0.1) is 13.2 Å². The van der Waals surface area contributed by atoms with Crippen molar-refractivity contribution in [1.82, 2.24) is 10.2 Å². The Hall–Kier alpha value is -0.620. The van der Waals surface area contributed by atoms with Gasteiger partial charge in [0.2, 0.25) is 0 Å². The van der Waals surface area contributed by atoms with Gasteiger partial charge in [-0.2, -0.15) is 11.8 Å². The van der Waals surface area contributed by atoms with Gasteiger partial charge in [0.05, 0.1) is 0 Å². The van der Waals surface area contributed by atoms with E-state index in [1.807, 2.05) is 73.4 Å². The van der Waals surface area contributed by atoms with E-state index >= 15 is 0 Å². The summed E-state index contributed by atoms with van der Waals surface area (Å²) in [4.78, 5) is 5.25. The van der Waals surface area contributed by atoms with Crippen LogP contribution in [0.25, 0.3) is 0 Å². The van der Waals surface area contributed by atoms with Crippen molar-refractivity contribution in [3.05, 3.63) is 24.8 Å². The smallest absolute Gasteiger partial charge is 0.0351 e. The summed E-state index contributed by atoms with van der Waals surface area (Å²) >= 11 is 1.75. The van der Waals surface area contributed by atoms with Crippen LogP contribution in [0.5, 0.6) is 0 Å². The van der Waals surface area contributed by atoms with E-state index in [-0.39, 0.29) is 0 Å². The molecule has 0 fully saturated rings. The van der Waals surface area contributed by atoms with Crippen molar-refractivity contribution in [2.75, 3.05) is 69.0 Å². The fourth-order valence-corrected chi connectivity index (χ4v) is 0. The zero-order valence-electron chi connectivity index (χ0n) is 18.4. The monoisotopic (exact) mass is 353 g/mol. The van der Waals surface area contributed by atoms with Gasteiger partial charge in [0.15, 0.2) is 0 Å². The number of ether oxygens (including phenoxy) is 1. The molecule has 4 nitrogen and oxygen atoms in total. The zero-order chi connectivity index (χ0) is 20.7. The van der Waals surface area contributed by atoms with Gasteiger partial charge in [-0.05, 0) is 75.2 Å². The first kappa shape index (κ1) is 43.2. The van der Waals surface area contributed by atoms with Crippen molar-refractivity contribution in [2.45, 2.75) is 20.8 Å². The lowest BCUT2D eigenvalue weighted by Crippen LogP contribution is -1.99. The molecule has 0 rings (SSSR count). The highest BCUT2D eigenvalue weighted by Crippen LogP contribution is 1.73.